The predicted octanol–water partition coefficient (Wildman–Crippen LogP) is 2.06. The van der Waals surface area contributed by atoms with E-state index in [4.69, 9.17) is 0 Å². The summed E-state index contributed by atoms with van der Waals surface area (Å²) in [6.07, 6.45) is 2.64. The quantitative estimate of drug-likeness (QED) is 0.841. The molecule has 0 amide bonds. The average molecular weight is 328 g/mol. The van der Waals surface area contributed by atoms with E-state index in [0.717, 1.165) is 56.4 Å². The minimum Gasteiger partial charge on any atom is -0.354 e. The van der Waals surface area contributed by atoms with Crippen LogP contribution in [0, 0.1) is 13.8 Å². The lowest BCUT2D eigenvalue weighted by atomic mass is 10.2. The Morgan fingerprint density at radius 1 is 1.08 bits per heavy atom. The third kappa shape index (κ3) is 3.75. The van der Waals surface area contributed by atoms with Gasteiger partial charge in [-0.25, -0.2) is 9.97 Å². The summed E-state index contributed by atoms with van der Waals surface area (Å²) in [4.78, 5) is 13.7. The first-order chi connectivity index (χ1) is 11.6. The van der Waals surface area contributed by atoms with Crippen LogP contribution in [0.25, 0.3) is 0 Å². The van der Waals surface area contributed by atoms with Gasteiger partial charge in [0.15, 0.2) is 0 Å². The molecule has 3 heterocycles. The normalized spacial score (nSPS) is 17.2. The Kier molecular flexibility index (Phi) is 5.14. The highest BCUT2D eigenvalue weighted by molar-refractivity contribution is 5.39. The molecule has 130 valence electrons. The van der Waals surface area contributed by atoms with E-state index in [2.05, 4.69) is 69.4 Å². The lowest BCUT2D eigenvalue weighted by Gasteiger charge is -2.38. The van der Waals surface area contributed by atoms with E-state index in [1.807, 2.05) is 0 Å². The molecule has 1 aliphatic rings. The third-order valence-electron chi connectivity index (χ3n) is 4.87. The maximum Gasteiger partial charge on any atom is 0.132 e. The first-order valence-corrected chi connectivity index (χ1v) is 8.87. The minimum atomic E-state index is 0.488. The summed E-state index contributed by atoms with van der Waals surface area (Å²) in [7, 11) is 0. The maximum absolute atomic E-state index is 4.59. The Morgan fingerprint density at radius 2 is 1.83 bits per heavy atom. The number of nitrogens with zero attached hydrogens (tertiary/aromatic N) is 6. The summed E-state index contributed by atoms with van der Waals surface area (Å²) >= 11 is 0. The molecule has 3 rings (SSSR count). The topological polar surface area (TPSA) is 50.1 Å². The third-order valence-corrected chi connectivity index (χ3v) is 4.87. The largest absolute Gasteiger partial charge is 0.354 e. The van der Waals surface area contributed by atoms with Gasteiger partial charge in [-0.3, -0.25) is 9.58 Å². The predicted molar refractivity (Wildman–Crippen MR) is 96.4 cm³/mol. The molecule has 0 N–H and O–H groups in total. The summed E-state index contributed by atoms with van der Waals surface area (Å²) < 4.78 is 2.13. The molecule has 0 radical (unpaired) electrons. The molecule has 0 spiro atoms. The van der Waals surface area contributed by atoms with E-state index in [9.17, 15) is 0 Å². The van der Waals surface area contributed by atoms with Crippen molar-refractivity contribution in [1.82, 2.24) is 24.6 Å². The van der Waals surface area contributed by atoms with E-state index >= 15 is 0 Å². The van der Waals surface area contributed by atoms with E-state index in [-0.39, 0.29) is 0 Å². The van der Waals surface area contributed by atoms with Crippen molar-refractivity contribution in [2.75, 3.05) is 31.1 Å². The Bertz CT molecular complexity index is 672. The highest BCUT2D eigenvalue weighted by atomic mass is 15.3. The molecule has 0 bridgehead atoms. The van der Waals surface area contributed by atoms with Crippen molar-refractivity contribution in [3.63, 3.8) is 0 Å². The summed E-state index contributed by atoms with van der Waals surface area (Å²) in [5, 5.41) is 4.59. The SMILES string of the molecule is CCc1cc(N2CCN(C(C)Cn3nc(C)cc3C)CC2)ncn1. The summed E-state index contributed by atoms with van der Waals surface area (Å²) in [6.45, 7) is 13.7. The van der Waals surface area contributed by atoms with Crippen LogP contribution in [0.2, 0.25) is 0 Å². The molecular weight excluding hydrogens is 300 g/mol. The highest BCUT2D eigenvalue weighted by Crippen LogP contribution is 2.16. The molecule has 1 fully saturated rings. The fraction of sp³-hybridized carbons (Fsp3) is 0.611. The van der Waals surface area contributed by atoms with Crippen LogP contribution in [0.5, 0.6) is 0 Å². The molecule has 24 heavy (non-hydrogen) atoms. The van der Waals surface area contributed by atoms with Crippen LogP contribution in [-0.2, 0) is 13.0 Å². The monoisotopic (exact) mass is 328 g/mol. The standard InChI is InChI=1S/C18H28N6/c1-5-17-11-18(20-13-19-17)23-8-6-22(7-9-23)16(4)12-24-15(3)10-14(2)21-24/h10-11,13,16H,5-9,12H2,1-4H3. The zero-order chi connectivity index (χ0) is 17.1. The van der Waals surface area contributed by atoms with Crippen LogP contribution in [-0.4, -0.2) is 56.9 Å². The van der Waals surface area contributed by atoms with Crippen LogP contribution in [0.3, 0.4) is 0 Å². The highest BCUT2D eigenvalue weighted by Gasteiger charge is 2.22. The Balaban J connectivity index is 1.57. The van der Waals surface area contributed by atoms with Crippen molar-refractivity contribution in [1.29, 1.82) is 0 Å². The number of anilines is 1. The van der Waals surface area contributed by atoms with Crippen molar-refractivity contribution < 1.29 is 0 Å². The van der Waals surface area contributed by atoms with Gasteiger partial charge in [-0.15, -0.1) is 0 Å². The summed E-state index contributed by atoms with van der Waals surface area (Å²) in [6, 6.07) is 4.75. The molecule has 1 saturated heterocycles. The lowest BCUT2D eigenvalue weighted by molar-refractivity contribution is 0.176. The second kappa shape index (κ2) is 7.30. The van der Waals surface area contributed by atoms with Crippen LogP contribution in [0.15, 0.2) is 18.5 Å². The van der Waals surface area contributed by atoms with Crippen LogP contribution < -0.4 is 4.90 Å². The minimum absolute atomic E-state index is 0.488. The van der Waals surface area contributed by atoms with E-state index in [1.165, 1.54) is 5.69 Å². The Labute approximate surface area is 144 Å². The molecule has 0 aliphatic carbocycles. The maximum atomic E-state index is 4.59. The van der Waals surface area contributed by atoms with Gasteiger partial charge in [-0.2, -0.15) is 5.10 Å². The van der Waals surface area contributed by atoms with Gasteiger partial charge in [0.2, 0.25) is 0 Å². The number of aromatic nitrogens is 4. The molecule has 6 heteroatoms. The van der Waals surface area contributed by atoms with Gasteiger partial charge in [-0.05, 0) is 33.3 Å². The second-order valence-corrected chi connectivity index (χ2v) is 6.70. The number of hydrogen-bond acceptors (Lipinski definition) is 5. The van der Waals surface area contributed by atoms with E-state index < -0.39 is 0 Å². The van der Waals surface area contributed by atoms with Gasteiger partial charge in [-0.1, -0.05) is 6.92 Å². The molecule has 1 atom stereocenters. The fourth-order valence-electron chi connectivity index (χ4n) is 3.37. The van der Waals surface area contributed by atoms with Gasteiger partial charge in [0.25, 0.3) is 0 Å². The molecule has 1 unspecified atom stereocenters. The van der Waals surface area contributed by atoms with Gasteiger partial charge < -0.3 is 4.90 Å². The van der Waals surface area contributed by atoms with Crippen molar-refractivity contribution in [3.8, 4) is 0 Å². The number of piperazine rings is 1. The Hall–Kier alpha value is -1.95. The number of aryl methyl sites for hydroxylation is 3. The molecule has 0 aromatic carbocycles. The van der Waals surface area contributed by atoms with Gasteiger partial charge in [0.05, 0.1) is 12.2 Å². The van der Waals surface area contributed by atoms with Crippen molar-refractivity contribution in [3.05, 3.63) is 35.5 Å². The first-order valence-electron chi connectivity index (χ1n) is 8.87. The summed E-state index contributed by atoms with van der Waals surface area (Å²) in [5.41, 5.74) is 3.45. The number of hydrogen-bond donors (Lipinski definition) is 0. The van der Waals surface area contributed by atoms with Crippen molar-refractivity contribution in [2.24, 2.45) is 0 Å². The molecular formula is C18H28N6. The number of rotatable bonds is 5. The van der Waals surface area contributed by atoms with Crippen molar-refractivity contribution in [2.45, 2.75) is 46.7 Å². The smallest absolute Gasteiger partial charge is 0.132 e. The van der Waals surface area contributed by atoms with Gasteiger partial charge in [0, 0.05) is 49.7 Å². The van der Waals surface area contributed by atoms with Crippen LogP contribution in [0.1, 0.15) is 30.9 Å². The first kappa shape index (κ1) is 16.9. The van der Waals surface area contributed by atoms with E-state index in [0.29, 0.717) is 6.04 Å². The Morgan fingerprint density at radius 3 is 2.46 bits per heavy atom. The molecule has 2 aromatic rings. The van der Waals surface area contributed by atoms with E-state index in [1.54, 1.807) is 6.33 Å². The second-order valence-electron chi connectivity index (χ2n) is 6.70. The van der Waals surface area contributed by atoms with Crippen LogP contribution in [0.4, 0.5) is 5.82 Å². The molecule has 0 saturated carbocycles. The van der Waals surface area contributed by atoms with Crippen LogP contribution >= 0.6 is 0 Å². The molecule has 2 aromatic heterocycles. The van der Waals surface area contributed by atoms with Crippen molar-refractivity contribution >= 4 is 5.82 Å². The van der Waals surface area contributed by atoms with Gasteiger partial charge >= 0.3 is 0 Å². The molecule has 6 nitrogen and oxygen atoms in total. The fourth-order valence-corrected chi connectivity index (χ4v) is 3.37. The summed E-state index contributed by atoms with van der Waals surface area (Å²) in [5.74, 6) is 1.06. The average Bonchev–Trinajstić information content (AvgIpc) is 2.92. The lowest BCUT2D eigenvalue weighted by Crippen LogP contribution is -2.51. The molecule has 1 aliphatic heterocycles. The zero-order valence-corrected chi connectivity index (χ0v) is 15.2. The van der Waals surface area contributed by atoms with Gasteiger partial charge in [0.1, 0.15) is 12.1 Å². The zero-order valence-electron chi connectivity index (χ0n) is 15.2.